The van der Waals surface area contributed by atoms with Gasteiger partial charge in [0.2, 0.25) is 5.91 Å². The maximum absolute atomic E-state index is 11.9. The Labute approximate surface area is 147 Å². The molecule has 0 saturated heterocycles. The minimum Gasteiger partial charge on any atom is -0.478 e. The van der Waals surface area contributed by atoms with Crippen LogP contribution >= 0.6 is 34.8 Å². The van der Waals surface area contributed by atoms with Gasteiger partial charge in [-0.15, -0.1) is 0 Å². The van der Waals surface area contributed by atoms with Gasteiger partial charge in [-0.2, -0.15) is 0 Å². The van der Waals surface area contributed by atoms with Gasteiger partial charge >= 0.3 is 5.97 Å². The molecule has 0 aliphatic heterocycles. The molecule has 0 radical (unpaired) electrons. The summed E-state index contributed by atoms with van der Waals surface area (Å²) < 4.78 is 0. The van der Waals surface area contributed by atoms with E-state index in [2.05, 4.69) is 5.32 Å². The first-order valence-corrected chi connectivity index (χ1v) is 7.47. The van der Waals surface area contributed by atoms with Gasteiger partial charge in [-0.3, -0.25) is 4.79 Å². The van der Waals surface area contributed by atoms with Crippen LogP contribution in [-0.2, 0) is 4.79 Å². The molecule has 0 aliphatic carbocycles. The molecule has 23 heavy (non-hydrogen) atoms. The summed E-state index contributed by atoms with van der Waals surface area (Å²) in [4.78, 5) is 22.9. The molecule has 0 saturated carbocycles. The monoisotopic (exact) mass is 369 g/mol. The number of carbonyl (C=O) groups is 2. The minimum atomic E-state index is -1.17. The van der Waals surface area contributed by atoms with Crippen molar-refractivity contribution < 1.29 is 14.7 Å². The van der Waals surface area contributed by atoms with E-state index in [-0.39, 0.29) is 10.6 Å². The number of anilines is 1. The summed E-state index contributed by atoms with van der Waals surface area (Å²) in [5, 5.41) is 12.6. The summed E-state index contributed by atoms with van der Waals surface area (Å²) in [5.74, 6) is -1.61. The Morgan fingerprint density at radius 3 is 2.39 bits per heavy atom. The Balaban J connectivity index is 2.12. The lowest BCUT2D eigenvalue weighted by Crippen LogP contribution is -2.09. The van der Waals surface area contributed by atoms with Crippen molar-refractivity contribution in [3.63, 3.8) is 0 Å². The van der Waals surface area contributed by atoms with E-state index in [0.29, 0.717) is 21.3 Å². The van der Waals surface area contributed by atoms with E-state index in [4.69, 9.17) is 39.9 Å². The Hall–Kier alpha value is -2.01. The van der Waals surface area contributed by atoms with Crippen molar-refractivity contribution in [1.82, 2.24) is 0 Å². The van der Waals surface area contributed by atoms with Crippen LogP contribution in [0, 0.1) is 0 Å². The SMILES string of the molecule is O=C(/C=C/c1ccc(Cl)cc1Cl)Nc1ccc(Cl)c(C(=O)O)c1. The first-order valence-electron chi connectivity index (χ1n) is 6.34. The van der Waals surface area contributed by atoms with E-state index in [1.165, 1.54) is 30.4 Å². The number of carboxylic acids is 1. The van der Waals surface area contributed by atoms with Crippen molar-refractivity contribution in [3.8, 4) is 0 Å². The fourth-order valence-electron chi connectivity index (χ4n) is 1.75. The zero-order valence-corrected chi connectivity index (χ0v) is 13.8. The first kappa shape index (κ1) is 17.3. The number of halogens is 3. The maximum atomic E-state index is 11.9. The summed E-state index contributed by atoms with van der Waals surface area (Å²) >= 11 is 17.6. The van der Waals surface area contributed by atoms with E-state index < -0.39 is 11.9 Å². The van der Waals surface area contributed by atoms with Gasteiger partial charge in [-0.1, -0.05) is 40.9 Å². The van der Waals surface area contributed by atoms with Crippen LogP contribution < -0.4 is 5.32 Å². The standard InChI is InChI=1S/C16H10Cl3NO3/c17-10-3-1-9(14(19)7-10)2-6-15(21)20-11-4-5-13(18)12(8-11)16(22)23/h1-8H,(H,20,21)(H,22,23)/b6-2+. The Bertz CT molecular complexity index is 803. The summed E-state index contributed by atoms with van der Waals surface area (Å²) in [6.45, 7) is 0. The number of carboxylic acid groups (broad SMARTS) is 1. The van der Waals surface area contributed by atoms with Crippen molar-refractivity contribution in [3.05, 3.63) is 68.7 Å². The fraction of sp³-hybridized carbons (Fsp3) is 0. The molecular formula is C16H10Cl3NO3. The second kappa shape index (κ2) is 7.51. The zero-order chi connectivity index (χ0) is 17.0. The number of amides is 1. The van der Waals surface area contributed by atoms with Crippen LogP contribution in [0.2, 0.25) is 15.1 Å². The molecule has 0 unspecified atom stereocenters. The average molecular weight is 371 g/mol. The van der Waals surface area contributed by atoms with Crippen molar-refractivity contribution in [2.75, 3.05) is 5.32 Å². The van der Waals surface area contributed by atoms with Gasteiger partial charge < -0.3 is 10.4 Å². The highest BCUT2D eigenvalue weighted by Crippen LogP contribution is 2.23. The van der Waals surface area contributed by atoms with Crippen molar-refractivity contribution in [2.24, 2.45) is 0 Å². The largest absolute Gasteiger partial charge is 0.478 e. The van der Waals surface area contributed by atoms with Gasteiger partial charge in [0.1, 0.15) is 0 Å². The van der Waals surface area contributed by atoms with Crippen LogP contribution in [0.5, 0.6) is 0 Å². The summed E-state index contributed by atoms with van der Waals surface area (Å²) in [5.41, 5.74) is 0.867. The molecule has 118 valence electrons. The van der Waals surface area contributed by atoms with Crippen LogP contribution in [0.4, 0.5) is 5.69 Å². The lowest BCUT2D eigenvalue weighted by molar-refractivity contribution is -0.111. The van der Waals surface area contributed by atoms with E-state index in [1.807, 2.05) is 0 Å². The quantitative estimate of drug-likeness (QED) is 0.745. The van der Waals surface area contributed by atoms with E-state index in [9.17, 15) is 9.59 Å². The van der Waals surface area contributed by atoms with Crippen LogP contribution in [0.15, 0.2) is 42.5 Å². The van der Waals surface area contributed by atoms with Gasteiger partial charge in [-0.05, 0) is 42.0 Å². The van der Waals surface area contributed by atoms with Crippen molar-refractivity contribution in [2.45, 2.75) is 0 Å². The van der Waals surface area contributed by atoms with Gasteiger partial charge in [0, 0.05) is 21.8 Å². The van der Waals surface area contributed by atoms with Gasteiger partial charge in [0.15, 0.2) is 0 Å². The topological polar surface area (TPSA) is 66.4 Å². The molecule has 2 aromatic carbocycles. The molecule has 2 N–H and O–H groups in total. The molecular weight excluding hydrogens is 361 g/mol. The smallest absolute Gasteiger partial charge is 0.337 e. The third-order valence-electron chi connectivity index (χ3n) is 2.84. The van der Waals surface area contributed by atoms with Crippen molar-refractivity contribution >= 4 is 58.4 Å². The fourth-order valence-corrected chi connectivity index (χ4v) is 2.42. The molecule has 0 fully saturated rings. The highest BCUT2D eigenvalue weighted by atomic mass is 35.5. The average Bonchev–Trinajstić information content (AvgIpc) is 2.48. The van der Waals surface area contributed by atoms with Crippen LogP contribution in [-0.4, -0.2) is 17.0 Å². The summed E-state index contributed by atoms with van der Waals surface area (Å²) in [7, 11) is 0. The molecule has 2 aromatic rings. The van der Waals surface area contributed by atoms with E-state index >= 15 is 0 Å². The second-order valence-corrected chi connectivity index (χ2v) is 5.74. The number of hydrogen-bond donors (Lipinski definition) is 2. The lowest BCUT2D eigenvalue weighted by atomic mass is 10.2. The Kier molecular flexibility index (Phi) is 5.66. The van der Waals surface area contributed by atoms with Gasteiger partial charge in [0.25, 0.3) is 0 Å². The molecule has 0 spiro atoms. The number of hydrogen-bond acceptors (Lipinski definition) is 2. The summed E-state index contributed by atoms with van der Waals surface area (Å²) in [6.07, 6.45) is 2.81. The third kappa shape index (κ3) is 4.73. The highest BCUT2D eigenvalue weighted by Gasteiger charge is 2.10. The normalized spacial score (nSPS) is 10.7. The molecule has 1 amide bonds. The zero-order valence-electron chi connectivity index (χ0n) is 11.5. The minimum absolute atomic E-state index is 0.0887. The van der Waals surface area contributed by atoms with Crippen molar-refractivity contribution in [1.29, 1.82) is 0 Å². The molecule has 0 bridgehead atoms. The number of aromatic carboxylic acids is 1. The molecule has 2 rings (SSSR count). The van der Waals surface area contributed by atoms with Gasteiger partial charge in [-0.25, -0.2) is 4.79 Å². The second-order valence-electron chi connectivity index (χ2n) is 4.49. The Morgan fingerprint density at radius 1 is 1.00 bits per heavy atom. The summed E-state index contributed by atoms with van der Waals surface area (Å²) in [6, 6.07) is 9.10. The molecule has 0 heterocycles. The van der Waals surface area contributed by atoms with E-state index in [1.54, 1.807) is 18.2 Å². The third-order valence-corrected chi connectivity index (χ3v) is 3.73. The van der Waals surface area contributed by atoms with Crippen LogP contribution in [0.3, 0.4) is 0 Å². The lowest BCUT2D eigenvalue weighted by Gasteiger charge is -2.05. The van der Waals surface area contributed by atoms with E-state index in [0.717, 1.165) is 0 Å². The molecule has 7 heteroatoms. The highest BCUT2D eigenvalue weighted by molar-refractivity contribution is 6.35. The molecule has 0 aromatic heterocycles. The predicted octanol–water partition coefficient (Wildman–Crippen LogP) is 5.00. The number of benzene rings is 2. The Morgan fingerprint density at radius 2 is 1.74 bits per heavy atom. The van der Waals surface area contributed by atoms with Crippen LogP contribution in [0.25, 0.3) is 6.08 Å². The molecule has 0 aliphatic rings. The number of rotatable bonds is 4. The predicted molar refractivity (Wildman–Crippen MR) is 92.5 cm³/mol. The first-order chi connectivity index (χ1) is 10.9. The molecule has 0 atom stereocenters. The maximum Gasteiger partial charge on any atom is 0.337 e. The molecule has 4 nitrogen and oxygen atoms in total. The number of carbonyl (C=O) groups excluding carboxylic acids is 1. The van der Waals surface area contributed by atoms with Gasteiger partial charge in [0.05, 0.1) is 10.6 Å². The number of nitrogens with one attached hydrogen (secondary N) is 1. The van der Waals surface area contributed by atoms with Crippen LogP contribution in [0.1, 0.15) is 15.9 Å².